The quantitative estimate of drug-likeness (QED) is 0.165. The Kier molecular flexibility index (Phi) is 5.59. The zero-order valence-electron chi connectivity index (χ0n) is 27.2. The lowest BCUT2D eigenvalue weighted by Gasteiger charge is -2.18. The summed E-state index contributed by atoms with van der Waals surface area (Å²) in [5.41, 5.74) is 6.85. The molecule has 1 nitrogen and oxygen atoms in total. The Morgan fingerprint density at radius 1 is 0.314 bits per heavy atom. The predicted octanol–water partition coefficient (Wildman–Crippen LogP) is 15.1. The Morgan fingerprint density at radius 3 is 1.63 bits per heavy atom. The molecule has 0 unspecified atom stereocenters. The first kappa shape index (κ1) is 27.8. The third kappa shape index (κ3) is 3.85. The standard InChI is InChI=1S/C48H26OS2/c1-3-13-33-31(11-1)45(27-18-23-41-39(25-27)29-9-5-7-15-40(29)49-41)32-12-2-4-14-34(32)46(33)28-17-19-38-44(26-28)50-43-24-22-37-35(47(38)43)20-21-36-30-10-6-8-16-42(30)51-48(36)37/h1-26H. The maximum Gasteiger partial charge on any atom is 0.135 e. The molecule has 0 amide bonds. The first-order valence-corrected chi connectivity index (χ1v) is 19.0. The third-order valence-corrected chi connectivity index (χ3v) is 13.2. The number of thiophene rings is 2. The van der Waals surface area contributed by atoms with Crippen LogP contribution in [0.3, 0.4) is 0 Å². The molecule has 9 aromatic carbocycles. The van der Waals surface area contributed by atoms with Crippen LogP contribution in [0.25, 0.3) is 117 Å². The molecule has 3 heterocycles. The van der Waals surface area contributed by atoms with Crippen molar-refractivity contribution in [2.24, 2.45) is 0 Å². The minimum Gasteiger partial charge on any atom is -0.456 e. The minimum atomic E-state index is 0.919. The van der Waals surface area contributed by atoms with E-state index in [1.165, 1.54) is 94.9 Å². The molecule has 51 heavy (non-hydrogen) atoms. The first-order chi connectivity index (χ1) is 25.3. The van der Waals surface area contributed by atoms with Crippen molar-refractivity contribution in [1.29, 1.82) is 0 Å². The van der Waals surface area contributed by atoms with Gasteiger partial charge in [-0.25, -0.2) is 0 Å². The van der Waals surface area contributed by atoms with Crippen molar-refractivity contribution in [2.45, 2.75) is 0 Å². The lowest BCUT2D eigenvalue weighted by Crippen LogP contribution is -1.90. The predicted molar refractivity (Wildman–Crippen MR) is 223 cm³/mol. The molecule has 0 atom stereocenters. The van der Waals surface area contributed by atoms with Crippen LogP contribution in [0.2, 0.25) is 0 Å². The molecular formula is C48H26OS2. The van der Waals surface area contributed by atoms with Crippen LogP contribution in [-0.2, 0) is 0 Å². The van der Waals surface area contributed by atoms with Gasteiger partial charge in [-0.1, -0.05) is 121 Å². The van der Waals surface area contributed by atoms with Gasteiger partial charge in [-0.2, -0.15) is 0 Å². The fourth-order valence-electron chi connectivity index (χ4n) is 8.65. The summed E-state index contributed by atoms with van der Waals surface area (Å²) in [6.45, 7) is 0. The highest BCUT2D eigenvalue weighted by Gasteiger charge is 2.19. The Hall–Kier alpha value is -6.00. The zero-order chi connectivity index (χ0) is 33.2. The molecule has 12 aromatic rings. The molecule has 3 heteroatoms. The van der Waals surface area contributed by atoms with E-state index in [2.05, 4.69) is 152 Å². The number of para-hydroxylation sites is 1. The van der Waals surface area contributed by atoms with Crippen LogP contribution in [0.1, 0.15) is 0 Å². The van der Waals surface area contributed by atoms with Crippen LogP contribution >= 0.6 is 22.7 Å². The largest absolute Gasteiger partial charge is 0.456 e. The summed E-state index contributed by atoms with van der Waals surface area (Å²) >= 11 is 3.81. The Morgan fingerprint density at radius 2 is 0.863 bits per heavy atom. The number of hydrogen-bond acceptors (Lipinski definition) is 3. The van der Waals surface area contributed by atoms with Crippen LogP contribution < -0.4 is 0 Å². The summed E-state index contributed by atoms with van der Waals surface area (Å²) in [5.74, 6) is 0. The zero-order valence-corrected chi connectivity index (χ0v) is 28.9. The van der Waals surface area contributed by atoms with E-state index in [1.54, 1.807) is 0 Å². The molecule has 0 spiro atoms. The van der Waals surface area contributed by atoms with Crippen molar-refractivity contribution in [2.75, 3.05) is 0 Å². The SMILES string of the molecule is c1ccc2c(c1)oc1ccc(-c3c4ccccc4c(-c4ccc5c(c4)sc4ccc6c(ccc7c8ccccc8sc76)c45)c4ccccc34)cc12. The van der Waals surface area contributed by atoms with Gasteiger partial charge in [-0.3, -0.25) is 0 Å². The van der Waals surface area contributed by atoms with E-state index in [-0.39, 0.29) is 0 Å². The highest BCUT2D eigenvalue weighted by Crippen LogP contribution is 2.48. The third-order valence-electron chi connectivity index (χ3n) is 10.9. The van der Waals surface area contributed by atoms with Crippen molar-refractivity contribution in [3.8, 4) is 22.3 Å². The Bertz CT molecular complexity index is 3370. The second kappa shape index (κ2) is 10.3. The van der Waals surface area contributed by atoms with E-state index in [4.69, 9.17) is 4.42 Å². The molecule has 236 valence electrons. The Balaban J connectivity index is 1.10. The molecule has 0 N–H and O–H groups in total. The molecule has 0 saturated heterocycles. The fourth-order valence-corrected chi connectivity index (χ4v) is 11.0. The molecule has 0 aliphatic heterocycles. The van der Waals surface area contributed by atoms with E-state index in [0.717, 1.165) is 21.9 Å². The van der Waals surface area contributed by atoms with Crippen LogP contribution in [0.15, 0.2) is 162 Å². The van der Waals surface area contributed by atoms with Crippen LogP contribution in [-0.4, -0.2) is 0 Å². The molecule has 0 bridgehead atoms. The summed E-state index contributed by atoms with van der Waals surface area (Å²) in [4.78, 5) is 0. The number of benzene rings is 9. The number of furan rings is 1. The summed E-state index contributed by atoms with van der Waals surface area (Å²) in [7, 11) is 0. The highest BCUT2D eigenvalue weighted by molar-refractivity contribution is 7.27. The molecule has 0 aliphatic carbocycles. The minimum absolute atomic E-state index is 0.919. The van der Waals surface area contributed by atoms with Crippen LogP contribution in [0, 0.1) is 0 Å². The topological polar surface area (TPSA) is 13.1 Å². The second-order valence-electron chi connectivity index (χ2n) is 13.5. The van der Waals surface area contributed by atoms with E-state index in [9.17, 15) is 0 Å². The lowest BCUT2D eigenvalue weighted by atomic mass is 9.85. The van der Waals surface area contributed by atoms with Crippen LogP contribution in [0.5, 0.6) is 0 Å². The van der Waals surface area contributed by atoms with Crippen LogP contribution in [0.4, 0.5) is 0 Å². The fraction of sp³-hybridized carbons (Fsp3) is 0. The van der Waals surface area contributed by atoms with Gasteiger partial charge < -0.3 is 4.42 Å². The Labute approximate surface area is 300 Å². The molecule has 12 rings (SSSR count). The van der Waals surface area contributed by atoms with Crippen molar-refractivity contribution >= 4 is 117 Å². The van der Waals surface area contributed by atoms with Crippen molar-refractivity contribution in [3.05, 3.63) is 158 Å². The van der Waals surface area contributed by atoms with Gasteiger partial charge in [0.1, 0.15) is 11.2 Å². The summed E-state index contributed by atoms with van der Waals surface area (Å²) in [5, 5.41) is 15.4. The summed E-state index contributed by atoms with van der Waals surface area (Å²) < 4.78 is 11.6. The molecule has 0 radical (unpaired) electrons. The van der Waals surface area contributed by atoms with Gasteiger partial charge in [0.15, 0.2) is 0 Å². The molecule has 0 saturated carbocycles. The van der Waals surface area contributed by atoms with E-state index >= 15 is 0 Å². The maximum absolute atomic E-state index is 6.21. The average Bonchev–Trinajstić information content (AvgIpc) is 3.87. The molecule has 3 aromatic heterocycles. The van der Waals surface area contributed by atoms with Gasteiger partial charge in [-0.15, -0.1) is 22.7 Å². The number of hydrogen-bond donors (Lipinski definition) is 0. The smallest absolute Gasteiger partial charge is 0.135 e. The number of fused-ring (bicyclic) bond motifs is 14. The molecule has 0 aliphatic rings. The van der Waals surface area contributed by atoms with Crippen molar-refractivity contribution < 1.29 is 4.42 Å². The first-order valence-electron chi connectivity index (χ1n) is 17.3. The lowest BCUT2D eigenvalue weighted by molar-refractivity contribution is 0.669. The molecule has 0 fully saturated rings. The second-order valence-corrected chi connectivity index (χ2v) is 15.7. The van der Waals surface area contributed by atoms with Gasteiger partial charge in [0.25, 0.3) is 0 Å². The van der Waals surface area contributed by atoms with E-state index in [0.29, 0.717) is 0 Å². The monoisotopic (exact) mass is 682 g/mol. The summed E-state index contributed by atoms with van der Waals surface area (Å²) in [6.07, 6.45) is 0. The highest BCUT2D eigenvalue weighted by atomic mass is 32.1. The van der Waals surface area contributed by atoms with Crippen molar-refractivity contribution in [3.63, 3.8) is 0 Å². The van der Waals surface area contributed by atoms with Crippen molar-refractivity contribution in [1.82, 2.24) is 0 Å². The van der Waals surface area contributed by atoms with E-state index in [1.807, 2.05) is 28.7 Å². The van der Waals surface area contributed by atoms with Gasteiger partial charge in [0, 0.05) is 56.5 Å². The van der Waals surface area contributed by atoms with E-state index < -0.39 is 0 Å². The maximum atomic E-state index is 6.21. The summed E-state index contributed by atoms with van der Waals surface area (Å²) in [6, 6.07) is 58.2. The van der Waals surface area contributed by atoms with Gasteiger partial charge in [0.2, 0.25) is 0 Å². The number of rotatable bonds is 2. The molecular weight excluding hydrogens is 657 g/mol. The van der Waals surface area contributed by atoms with Gasteiger partial charge in [-0.05, 0) is 85.6 Å². The normalized spacial score (nSPS) is 12.3. The van der Waals surface area contributed by atoms with Gasteiger partial charge >= 0.3 is 0 Å². The average molecular weight is 683 g/mol. The van der Waals surface area contributed by atoms with Gasteiger partial charge in [0.05, 0.1) is 0 Å².